The van der Waals surface area contributed by atoms with Crippen molar-refractivity contribution >= 4 is 23.2 Å². The minimum absolute atomic E-state index is 0.0752. The number of ether oxygens (including phenoxy) is 1. The number of amides is 2. The lowest BCUT2D eigenvalue weighted by Gasteiger charge is -2.13. The Hall–Kier alpha value is -2.82. The van der Waals surface area contributed by atoms with Gasteiger partial charge in [-0.3, -0.25) is 9.59 Å². The lowest BCUT2D eigenvalue weighted by molar-refractivity contribution is -0.125. The Bertz CT molecular complexity index is 769. The molecule has 0 saturated carbocycles. The van der Waals surface area contributed by atoms with Crippen LogP contribution in [0.1, 0.15) is 31.7 Å². The zero-order chi connectivity index (χ0) is 17.8. The van der Waals surface area contributed by atoms with E-state index in [1.807, 2.05) is 36.4 Å². The van der Waals surface area contributed by atoms with Crippen LogP contribution in [-0.2, 0) is 9.59 Å². The first-order valence-corrected chi connectivity index (χ1v) is 8.45. The van der Waals surface area contributed by atoms with Gasteiger partial charge in [-0.1, -0.05) is 38.1 Å². The molecule has 5 nitrogen and oxygen atoms in total. The molecule has 0 unspecified atom stereocenters. The second-order valence-electron chi connectivity index (χ2n) is 6.52. The third-order valence-corrected chi connectivity index (χ3v) is 4.25. The maximum atomic E-state index is 12.3. The van der Waals surface area contributed by atoms with E-state index in [1.165, 1.54) is 5.56 Å². The fourth-order valence-electron chi connectivity index (χ4n) is 2.74. The van der Waals surface area contributed by atoms with Crippen LogP contribution in [0.2, 0.25) is 0 Å². The maximum Gasteiger partial charge on any atom is 0.231 e. The van der Waals surface area contributed by atoms with Crippen molar-refractivity contribution in [2.24, 2.45) is 5.92 Å². The molecular weight excluding hydrogens is 316 g/mol. The summed E-state index contributed by atoms with van der Waals surface area (Å²) in [6.45, 7) is 4.43. The molecule has 0 aliphatic carbocycles. The largest absolute Gasteiger partial charge is 0.491 e. The van der Waals surface area contributed by atoms with E-state index in [1.54, 1.807) is 12.1 Å². The number of rotatable bonds is 4. The molecule has 2 amide bonds. The molecule has 25 heavy (non-hydrogen) atoms. The van der Waals surface area contributed by atoms with Gasteiger partial charge in [0, 0.05) is 12.1 Å². The van der Waals surface area contributed by atoms with Crippen LogP contribution in [0.3, 0.4) is 0 Å². The van der Waals surface area contributed by atoms with Gasteiger partial charge in [0.15, 0.2) is 0 Å². The molecular formula is C20H22N2O3. The molecule has 0 bridgehead atoms. The minimum atomic E-state index is -0.526. The summed E-state index contributed by atoms with van der Waals surface area (Å²) in [4.78, 5) is 24.6. The van der Waals surface area contributed by atoms with Gasteiger partial charge in [0.1, 0.15) is 12.4 Å². The third-order valence-electron chi connectivity index (χ3n) is 4.25. The number of hydrogen-bond acceptors (Lipinski definition) is 3. The summed E-state index contributed by atoms with van der Waals surface area (Å²) in [5.41, 5.74) is 2.58. The van der Waals surface area contributed by atoms with Crippen LogP contribution in [0.15, 0.2) is 48.5 Å². The highest BCUT2D eigenvalue weighted by molar-refractivity contribution is 5.99. The number of carbonyl (C=O) groups is 2. The quantitative estimate of drug-likeness (QED) is 0.891. The highest BCUT2D eigenvalue weighted by atomic mass is 16.5. The fraction of sp³-hybridized carbons (Fsp3) is 0.300. The lowest BCUT2D eigenvalue weighted by Crippen LogP contribution is -2.29. The van der Waals surface area contributed by atoms with Crippen molar-refractivity contribution in [3.8, 4) is 5.75 Å². The normalized spacial score (nSPS) is 16.4. The Morgan fingerprint density at radius 1 is 1.20 bits per heavy atom. The summed E-state index contributed by atoms with van der Waals surface area (Å²) in [6.07, 6.45) is 0.0752. The Morgan fingerprint density at radius 3 is 2.64 bits per heavy atom. The first kappa shape index (κ1) is 17.0. The Balaban J connectivity index is 1.60. The zero-order valence-electron chi connectivity index (χ0n) is 14.4. The molecule has 2 N–H and O–H groups in total. The van der Waals surface area contributed by atoms with Crippen LogP contribution >= 0.6 is 0 Å². The fourth-order valence-corrected chi connectivity index (χ4v) is 2.74. The third kappa shape index (κ3) is 4.18. The number of para-hydroxylation sites is 2. The van der Waals surface area contributed by atoms with Gasteiger partial charge in [0.2, 0.25) is 11.8 Å². The van der Waals surface area contributed by atoms with Gasteiger partial charge in [0.05, 0.1) is 11.6 Å². The van der Waals surface area contributed by atoms with E-state index in [2.05, 4.69) is 24.5 Å². The van der Waals surface area contributed by atoms with Crippen molar-refractivity contribution in [2.75, 3.05) is 17.2 Å². The van der Waals surface area contributed by atoms with Crippen LogP contribution in [-0.4, -0.2) is 18.4 Å². The number of hydrogen-bond donors (Lipinski definition) is 2. The van der Waals surface area contributed by atoms with Gasteiger partial charge in [-0.05, 0) is 35.7 Å². The van der Waals surface area contributed by atoms with Gasteiger partial charge in [-0.15, -0.1) is 0 Å². The second-order valence-corrected chi connectivity index (χ2v) is 6.52. The number of carbonyl (C=O) groups excluding carboxylic acids is 2. The van der Waals surface area contributed by atoms with Gasteiger partial charge < -0.3 is 15.4 Å². The van der Waals surface area contributed by atoms with E-state index < -0.39 is 5.92 Å². The zero-order valence-corrected chi connectivity index (χ0v) is 14.4. The van der Waals surface area contributed by atoms with Crippen LogP contribution in [0.5, 0.6) is 5.75 Å². The molecule has 5 heteroatoms. The van der Waals surface area contributed by atoms with E-state index in [4.69, 9.17) is 4.74 Å². The topological polar surface area (TPSA) is 67.4 Å². The number of benzene rings is 2. The van der Waals surface area contributed by atoms with Gasteiger partial charge in [-0.25, -0.2) is 0 Å². The monoisotopic (exact) mass is 338 g/mol. The van der Waals surface area contributed by atoms with Crippen molar-refractivity contribution in [1.29, 1.82) is 0 Å². The number of nitrogens with one attached hydrogen (secondary N) is 2. The molecule has 3 rings (SSSR count). The van der Waals surface area contributed by atoms with Gasteiger partial charge in [0.25, 0.3) is 0 Å². The predicted molar refractivity (Wildman–Crippen MR) is 97.8 cm³/mol. The average molecular weight is 338 g/mol. The average Bonchev–Trinajstić information content (AvgIpc) is 2.74. The predicted octanol–water partition coefficient (Wildman–Crippen LogP) is 3.79. The van der Waals surface area contributed by atoms with E-state index in [0.29, 0.717) is 17.4 Å². The Labute approximate surface area is 147 Å². The molecule has 2 aromatic carbocycles. The highest BCUT2D eigenvalue weighted by Crippen LogP contribution is 2.28. The minimum Gasteiger partial charge on any atom is -0.491 e. The first-order chi connectivity index (χ1) is 12.0. The molecule has 130 valence electrons. The summed E-state index contributed by atoms with van der Waals surface area (Å²) < 4.78 is 5.66. The molecule has 0 aromatic heterocycles. The van der Waals surface area contributed by atoms with Crippen molar-refractivity contribution in [1.82, 2.24) is 0 Å². The molecule has 0 saturated heterocycles. The maximum absolute atomic E-state index is 12.3. The molecule has 0 radical (unpaired) electrons. The smallest absolute Gasteiger partial charge is 0.231 e. The lowest BCUT2D eigenvalue weighted by atomic mass is 10.0. The van der Waals surface area contributed by atoms with E-state index >= 15 is 0 Å². The summed E-state index contributed by atoms with van der Waals surface area (Å²) in [6, 6.07) is 15.0. The standard InChI is InChI=1S/C20H22N2O3/c1-13(2)14-7-9-16(10-8-14)21-19(23)11-15-12-25-18-6-4-3-5-17(18)22-20(15)24/h3-10,13,15H,11-12H2,1-2H3,(H,21,23)(H,22,24)/t15-/m1/s1. The van der Waals surface area contributed by atoms with Crippen molar-refractivity contribution in [3.05, 3.63) is 54.1 Å². The van der Waals surface area contributed by atoms with Crippen LogP contribution in [0.4, 0.5) is 11.4 Å². The SMILES string of the molecule is CC(C)c1ccc(NC(=O)C[C@@H]2COc3ccccc3NC2=O)cc1. The summed E-state index contributed by atoms with van der Waals surface area (Å²) in [5.74, 6) is 0.144. The first-order valence-electron chi connectivity index (χ1n) is 8.45. The summed E-state index contributed by atoms with van der Waals surface area (Å²) in [5, 5.41) is 5.66. The van der Waals surface area contributed by atoms with Crippen molar-refractivity contribution in [2.45, 2.75) is 26.2 Å². The number of anilines is 2. The van der Waals surface area contributed by atoms with E-state index in [9.17, 15) is 9.59 Å². The molecule has 1 atom stereocenters. The van der Waals surface area contributed by atoms with Gasteiger partial charge >= 0.3 is 0 Å². The van der Waals surface area contributed by atoms with Crippen LogP contribution in [0, 0.1) is 5.92 Å². The Morgan fingerprint density at radius 2 is 1.92 bits per heavy atom. The second kappa shape index (κ2) is 7.38. The molecule has 1 heterocycles. The number of fused-ring (bicyclic) bond motifs is 1. The molecule has 1 aliphatic rings. The molecule has 1 aliphatic heterocycles. The van der Waals surface area contributed by atoms with Gasteiger partial charge in [-0.2, -0.15) is 0 Å². The summed E-state index contributed by atoms with van der Waals surface area (Å²) >= 11 is 0. The molecule has 0 fully saturated rings. The van der Waals surface area contributed by atoms with Crippen LogP contribution < -0.4 is 15.4 Å². The molecule has 2 aromatic rings. The molecule has 0 spiro atoms. The summed E-state index contributed by atoms with van der Waals surface area (Å²) in [7, 11) is 0. The van der Waals surface area contributed by atoms with E-state index in [-0.39, 0.29) is 24.8 Å². The van der Waals surface area contributed by atoms with Crippen molar-refractivity contribution < 1.29 is 14.3 Å². The van der Waals surface area contributed by atoms with E-state index in [0.717, 1.165) is 5.69 Å². The van der Waals surface area contributed by atoms with Crippen LogP contribution in [0.25, 0.3) is 0 Å². The Kier molecular flexibility index (Phi) is 5.03. The van der Waals surface area contributed by atoms with Crippen molar-refractivity contribution in [3.63, 3.8) is 0 Å². The highest BCUT2D eigenvalue weighted by Gasteiger charge is 2.26.